The van der Waals surface area contributed by atoms with E-state index < -0.39 is 5.60 Å². The predicted octanol–water partition coefficient (Wildman–Crippen LogP) is 2.63. The Kier molecular flexibility index (Phi) is 1.67. The summed E-state index contributed by atoms with van der Waals surface area (Å²) in [6.45, 7) is 1.98. The van der Waals surface area contributed by atoms with E-state index in [1.807, 2.05) is 25.1 Å². The molecule has 0 spiro atoms. The first-order valence-electron chi connectivity index (χ1n) is 4.11. The highest BCUT2D eigenvalue weighted by atomic mass is 35.5. The van der Waals surface area contributed by atoms with Gasteiger partial charge in [0.15, 0.2) is 0 Å². The highest BCUT2D eigenvalue weighted by Gasteiger charge is 2.44. The molecule has 1 aliphatic rings. The van der Waals surface area contributed by atoms with E-state index >= 15 is 0 Å². The Balaban J connectivity index is 2.55. The molecule has 1 aromatic carbocycles. The van der Waals surface area contributed by atoms with Gasteiger partial charge in [0.05, 0.1) is 5.60 Å². The number of aliphatic hydroxyl groups is 1. The van der Waals surface area contributed by atoms with Crippen molar-refractivity contribution in [1.29, 1.82) is 0 Å². The van der Waals surface area contributed by atoms with Crippen LogP contribution in [-0.4, -0.2) is 5.11 Å². The summed E-state index contributed by atoms with van der Waals surface area (Å²) in [6.07, 6.45) is 1.69. The summed E-state index contributed by atoms with van der Waals surface area (Å²) in [6, 6.07) is 5.73. The molecule has 0 heterocycles. The van der Waals surface area contributed by atoms with Crippen LogP contribution < -0.4 is 0 Å². The second kappa shape index (κ2) is 2.48. The molecule has 1 fully saturated rings. The van der Waals surface area contributed by atoms with Gasteiger partial charge in [0.25, 0.3) is 0 Å². The van der Waals surface area contributed by atoms with Crippen LogP contribution in [0.3, 0.4) is 0 Å². The Morgan fingerprint density at radius 3 is 2.58 bits per heavy atom. The van der Waals surface area contributed by atoms with Crippen molar-refractivity contribution in [1.82, 2.24) is 0 Å². The lowest BCUT2D eigenvalue weighted by atomic mass is 10.0. The zero-order valence-electron chi connectivity index (χ0n) is 6.97. The Morgan fingerprint density at radius 2 is 2.08 bits per heavy atom. The maximum atomic E-state index is 9.88. The van der Waals surface area contributed by atoms with Crippen molar-refractivity contribution in [2.45, 2.75) is 25.4 Å². The minimum absolute atomic E-state index is 0.609. The van der Waals surface area contributed by atoms with Crippen LogP contribution in [0.4, 0.5) is 0 Å². The van der Waals surface area contributed by atoms with Crippen LogP contribution in [-0.2, 0) is 5.60 Å². The van der Waals surface area contributed by atoms with Crippen molar-refractivity contribution < 1.29 is 5.11 Å². The van der Waals surface area contributed by atoms with Gasteiger partial charge in [-0.15, -0.1) is 0 Å². The normalized spacial score (nSPS) is 19.2. The SMILES string of the molecule is Cc1cccc(Cl)c1C1(O)CC1. The molecule has 1 N–H and O–H groups in total. The summed E-state index contributed by atoms with van der Waals surface area (Å²) in [5.74, 6) is 0. The summed E-state index contributed by atoms with van der Waals surface area (Å²) in [5, 5.41) is 10.6. The standard InChI is InChI=1S/C10H11ClO/c1-7-3-2-4-8(11)9(7)10(12)5-6-10/h2-4,12H,5-6H2,1H3. The Hall–Kier alpha value is -0.530. The summed E-state index contributed by atoms with van der Waals surface area (Å²) in [5.41, 5.74) is 1.40. The van der Waals surface area contributed by atoms with E-state index in [9.17, 15) is 5.11 Å². The lowest BCUT2D eigenvalue weighted by molar-refractivity contribution is 0.151. The third-order valence-electron chi connectivity index (χ3n) is 2.41. The van der Waals surface area contributed by atoms with E-state index in [1.54, 1.807) is 0 Å². The van der Waals surface area contributed by atoms with Crippen molar-refractivity contribution >= 4 is 11.6 Å². The molecule has 0 atom stereocenters. The predicted molar refractivity (Wildman–Crippen MR) is 49.3 cm³/mol. The fourth-order valence-electron chi connectivity index (χ4n) is 1.59. The molecule has 0 aromatic heterocycles. The molecule has 0 amide bonds. The van der Waals surface area contributed by atoms with Crippen LogP contribution in [0.1, 0.15) is 24.0 Å². The third-order valence-corrected chi connectivity index (χ3v) is 2.73. The molecular formula is C10H11ClO. The molecule has 0 aliphatic heterocycles. The van der Waals surface area contributed by atoms with E-state index in [0.29, 0.717) is 5.02 Å². The van der Waals surface area contributed by atoms with Gasteiger partial charge in [-0.3, -0.25) is 0 Å². The van der Waals surface area contributed by atoms with Gasteiger partial charge in [0.2, 0.25) is 0 Å². The minimum Gasteiger partial charge on any atom is -0.385 e. The maximum absolute atomic E-state index is 9.88. The van der Waals surface area contributed by atoms with Crippen LogP contribution in [0.25, 0.3) is 0 Å². The maximum Gasteiger partial charge on any atom is 0.0915 e. The number of halogens is 1. The molecule has 1 nitrogen and oxygen atoms in total. The van der Waals surface area contributed by atoms with E-state index in [1.165, 1.54) is 0 Å². The fraction of sp³-hybridized carbons (Fsp3) is 0.400. The summed E-state index contributed by atoms with van der Waals surface area (Å²) in [4.78, 5) is 0. The molecule has 0 bridgehead atoms. The summed E-state index contributed by atoms with van der Waals surface area (Å²) in [7, 11) is 0. The van der Waals surface area contributed by atoms with Crippen molar-refractivity contribution in [2.24, 2.45) is 0 Å². The molecule has 0 unspecified atom stereocenters. The summed E-state index contributed by atoms with van der Waals surface area (Å²) >= 11 is 5.99. The second-order valence-electron chi connectivity index (χ2n) is 3.46. The van der Waals surface area contributed by atoms with Gasteiger partial charge in [0, 0.05) is 10.6 Å². The van der Waals surface area contributed by atoms with Crippen molar-refractivity contribution in [3.8, 4) is 0 Å². The van der Waals surface area contributed by atoms with Crippen molar-refractivity contribution in [3.63, 3.8) is 0 Å². The summed E-state index contributed by atoms with van der Waals surface area (Å²) < 4.78 is 0. The van der Waals surface area contributed by atoms with Crippen molar-refractivity contribution in [3.05, 3.63) is 34.3 Å². The van der Waals surface area contributed by atoms with Gasteiger partial charge >= 0.3 is 0 Å². The number of hydrogen-bond donors (Lipinski definition) is 1. The number of aryl methyl sites for hydroxylation is 1. The first kappa shape index (κ1) is 8.09. The molecule has 1 aliphatic carbocycles. The van der Waals surface area contributed by atoms with E-state index in [0.717, 1.165) is 24.0 Å². The molecule has 64 valence electrons. The molecule has 1 saturated carbocycles. The molecule has 2 heteroatoms. The van der Waals surface area contributed by atoms with E-state index in [-0.39, 0.29) is 0 Å². The van der Waals surface area contributed by atoms with Gasteiger partial charge in [-0.25, -0.2) is 0 Å². The van der Waals surface area contributed by atoms with Crippen LogP contribution in [0.2, 0.25) is 5.02 Å². The number of hydrogen-bond acceptors (Lipinski definition) is 1. The van der Waals surface area contributed by atoms with Crippen LogP contribution in [0.15, 0.2) is 18.2 Å². The molecule has 1 aromatic rings. The van der Waals surface area contributed by atoms with Crippen LogP contribution in [0, 0.1) is 6.92 Å². The van der Waals surface area contributed by atoms with Gasteiger partial charge in [-0.1, -0.05) is 23.7 Å². The second-order valence-corrected chi connectivity index (χ2v) is 3.87. The number of benzene rings is 1. The Morgan fingerprint density at radius 1 is 1.42 bits per heavy atom. The van der Waals surface area contributed by atoms with Crippen molar-refractivity contribution in [2.75, 3.05) is 0 Å². The highest BCUT2D eigenvalue weighted by molar-refractivity contribution is 6.31. The molecule has 0 saturated heterocycles. The van der Waals surface area contributed by atoms with Gasteiger partial charge in [-0.05, 0) is 31.4 Å². The van der Waals surface area contributed by atoms with Crippen LogP contribution >= 0.6 is 11.6 Å². The zero-order chi connectivity index (χ0) is 8.77. The fourth-order valence-corrected chi connectivity index (χ4v) is 1.99. The third kappa shape index (κ3) is 1.13. The minimum atomic E-state index is -0.609. The first-order valence-corrected chi connectivity index (χ1v) is 4.49. The van der Waals surface area contributed by atoms with E-state index in [4.69, 9.17) is 11.6 Å². The molecule has 0 radical (unpaired) electrons. The zero-order valence-corrected chi connectivity index (χ0v) is 7.73. The van der Waals surface area contributed by atoms with Gasteiger partial charge in [-0.2, -0.15) is 0 Å². The largest absolute Gasteiger partial charge is 0.385 e. The molecule has 12 heavy (non-hydrogen) atoms. The average Bonchev–Trinajstić information content (AvgIpc) is 2.68. The Bertz CT molecular complexity index is 295. The number of rotatable bonds is 1. The molecular weight excluding hydrogens is 172 g/mol. The lowest BCUT2D eigenvalue weighted by Crippen LogP contribution is -2.07. The van der Waals surface area contributed by atoms with Gasteiger partial charge < -0.3 is 5.11 Å². The first-order chi connectivity index (χ1) is 5.63. The Labute approximate surface area is 77.0 Å². The van der Waals surface area contributed by atoms with Crippen LogP contribution in [0.5, 0.6) is 0 Å². The monoisotopic (exact) mass is 182 g/mol. The smallest absolute Gasteiger partial charge is 0.0915 e. The molecule has 2 rings (SSSR count). The quantitative estimate of drug-likeness (QED) is 0.708. The average molecular weight is 183 g/mol. The highest BCUT2D eigenvalue weighted by Crippen LogP contribution is 2.48. The topological polar surface area (TPSA) is 20.2 Å². The van der Waals surface area contributed by atoms with Gasteiger partial charge in [0.1, 0.15) is 0 Å². The lowest BCUT2D eigenvalue weighted by Gasteiger charge is -2.13. The van der Waals surface area contributed by atoms with E-state index in [2.05, 4.69) is 0 Å².